The van der Waals surface area contributed by atoms with E-state index in [0.717, 1.165) is 29.4 Å². The van der Waals surface area contributed by atoms with Gasteiger partial charge in [-0.3, -0.25) is 4.79 Å². The number of Topliss-reactive ketones (excluding diaryl/α,β-unsaturated/α-hetero) is 1. The summed E-state index contributed by atoms with van der Waals surface area (Å²) in [6.07, 6.45) is 2.54. The van der Waals surface area contributed by atoms with Crippen molar-refractivity contribution >= 4 is 39.6 Å². The molecule has 1 atom stereocenters. The minimum absolute atomic E-state index is 0.149. The van der Waals surface area contributed by atoms with E-state index in [9.17, 15) is 4.79 Å². The Morgan fingerprint density at radius 2 is 2.20 bits per heavy atom. The summed E-state index contributed by atoms with van der Waals surface area (Å²) in [4.78, 5) is 18.6. The fourth-order valence-electron chi connectivity index (χ4n) is 2.61. The Kier molecular flexibility index (Phi) is 4.99. The topological polar surface area (TPSA) is 49.6 Å². The molecule has 0 saturated carbocycles. The van der Waals surface area contributed by atoms with Gasteiger partial charge in [0.25, 0.3) is 0 Å². The van der Waals surface area contributed by atoms with Gasteiger partial charge in [-0.2, -0.15) is 0 Å². The lowest BCUT2D eigenvalue weighted by Gasteiger charge is -2.39. The first-order valence-corrected chi connectivity index (χ1v) is 8.98. The molecule has 0 spiro atoms. The molecule has 112 valence electrons. The number of carbonyl (C=O) groups excluding carboxylic acids is 1. The van der Waals surface area contributed by atoms with Gasteiger partial charge in [-0.25, -0.2) is 0 Å². The van der Waals surface area contributed by atoms with Crippen LogP contribution < -0.4 is 10.6 Å². The van der Waals surface area contributed by atoms with Crippen LogP contribution in [0.3, 0.4) is 0 Å². The number of rotatable bonds is 4. The van der Waals surface area contributed by atoms with Crippen LogP contribution in [0.25, 0.3) is 0 Å². The third kappa shape index (κ3) is 2.82. The summed E-state index contributed by atoms with van der Waals surface area (Å²) in [5, 5.41) is 1.17. The Morgan fingerprint density at radius 1 is 1.50 bits per heavy atom. The van der Waals surface area contributed by atoms with Crippen LogP contribution in [-0.2, 0) is 0 Å². The van der Waals surface area contributed by atoms with Gasteiger partial charge in [-0.15, -0.1) is 23.1 Å². The standard InChI is InChI=1S/C14H23N3OS2/c1-5-10(18)12-11(15)13(19-4)14(20-12)17-7-6-16(3)8-9(17)2/h9H,5-8,15H2,1-4H3. The Bertz CT molecular complexity index is 501. The van der Waals surface area contributed by atoms with E-state index in [2.05, 4.69) is 23.8 Å². The van der Waals surface area contributed by atoms with Crippen LogP contribution in [0.15, 0.2) is 4.90 Å². The first-order valence-electron chi connectivity index (χ1n) is 6.94. The van der Waals surface area contributed by atoms with E-state index in [1.165, 1.54) is 5.00 Å². The fraction of sp³-hybridized carbons (Fsp3) is 0.643. The number of hydrogen-bond donors (Lipinski definition) is 1. The van der Waals surface area contributed by atoms with Crippen molar-refractivity contribution in [2.24, 2.45) is 0 Å². The van der Waals surface area contributed by atoms with Gasteiger partial charge in [0.05, 0.1) is 15.5 Å². The van der Waals surface area contributed by atoms with Crippen LogP contribution in [0.4, 0.5) is 10.7 Å². The number of likely N-dealkylation sites (N-methyl/N-ethyl adjacent to an activating group) is 1. The molecule has 2 heterocycles. The van der Waals surface area contributed by atoms with E-state index < -0.39 is 0 Å². The molecule has 0 aliphatic carbocycles. The molecule has 1 aliphatic heterocycles. The molecular formula is C14H23N3OS2. The van der Waals surface area contributed by atoms with Crippen LogP contribution in [0, 0.1) is 0 Å². The second-order valence-electron chi connectivity index (χ2n) is 5.26. The first kappa shape index (κ1) is 15.7. The number of nitrogens with zero attached hydrogens (tertiary/aromatic N) is 2. The highest BCUT2D eigenvalue weighted by Crippen LogP contribution is 2.45. The van der Waals surface area contributed by atoms with Crippen LogP contribution in [0.1, 0.15) is 29.9 Å². The smallest absolute Gasteiger partial charge is 0.174 e. The van der Waals surface area contributed by atoms with Crippen molar-refractivity contribution in [2.75, 3.05) is 43.6 Å². The molecule has 20 heavy (non-hydrogen) atoms. The Labute approximate surface area is 129 Å². The predicted molar refractivity (Wildman–Crippen MR) is 89.4 cm³/mol. The third-order valence-electron chi connectivity index (χ3n) is 3.75. The lowest BCUT2D eigenvalue weighted by molar-refractivity contribution is 0.0992. The molecule has 1 unspecified atom stereocenters. The highest BCUT2D eigenvalue weighted by Gasteiger charge is 2.28. The van der Waals surface area contributed by atoms with Gasteiger partial charge in [0.1, 0.15) is 5.00 Å². The SMILES string of the molecule is CCC(=O)c1sc(N2CCN(C)CC2C)c(SC)c1N. The number of anilines is 2. The van der Waals surface area contributed by atoms with E-state index in [-0.39, 0.29) is 5.78 Å². The molecule has 1 aromatic heterocycles. The summed E-state index contributed by atoms with van der Waals surface area (Å²) in [6, 6.07) is 0.447. The minimum atomic E-state index is 0.149. The molecule has 1 saturated heterocycles. The average molecular weight is 313 g/mol. The van der Waals surface area contributed by atoms with Gasteiger partial charge in [0.15, 0.2) is 5.78 Å². The first-order chi connectivity index (χ1) is 9.49. The van der Waals surface area contributed by atoms with Gasteiger partial charge in [0.2, 0.25) is 0 Å². The minimum Gasteiger partial charge on any atom is -0.396 e. The van der Waals surface area contributed by atoms with Crippen LogP contribution in [0.5, 0.6) is 0 Å². The van der Waals surface area contributed by atoms with Gasteiger partial charge in [-0.1, -0.05) is 6.92 Å². The summed E-state index contributed by atoms with van der Waals surface area (Å²) in [5.41, 5.74) is 6.88. The predicted octanol–water partition coefficient (Wildman–Crippen LogP) is 2.79. The lowest BCUT2D eigenvalue weighted by atomic mass is 10.2. The molecule has 0 aromatic carbocycles. The van der Waals surface area contributed by atoms with E-state index in [1.807, 2.05) is 13.2 Å². The van der Waals surface area contributed by atoms with Crippen molar-refractivity contribution in [2.45, 2.75) is 31.2 Å². The van der Waals surface area contributed by atoms with E-state index in [0.29, 0.717) is 18.2 Å². The van der Waals surface area contributed by atoms with Crippen molar-refractivity contribution in [1.82, 2.24) is 4.90 Å². The number of nitrogens with two attached hydrogens (primary N) is 1. The molecule has 0 bridgehead atoms. The molecule has 1 aliphatic rings. The second kappa shape index (κ2) is 6.37. The molecule has 4 nitrogen and oxygen atoms in total. The molecule has 2 N–H and O–H groups in total. The Morgan fingerprint density at radius 3 is 2.75 bits per heavy atom. The van der Waals surface area contributed by atoms with Gasteiger partial charge >= 0.3 is 0 Å². The number of thioether (sulfide) groups is 1. The number of hydrogen-bond acceptors (Lipinski definition) is 6. The van der Waals surface area contributed by atoms with Crippen molar-refractivity contribution in [1.29, 1.82) is 0 Å². The summed E-state index contributed by atoms with van der Waals surface area (Å²) < 4.78 is 0. The third-order valence-corrected chi connectivity index (χ3v) is 5.99. The summed E-state index contributed by atoms with van der Waals surface area (Å²) in [6.45, 7) is 7.20. The molecule has 1 fully saturated rings. The highest BCUT2D eigenvalue weighted by atomic mass is 32.2. The summed E-state index contributed by atoms with van der Waals surface area (Å²) in [7, 11) is 2.15. The zero-order chi connectivity index (χ0) is 14.9. The van der Waals surface area contributed by atoms with Crippen molar-refractivity contribution < 1.29 is 4.79 Å². The lowest BCUT2D eigenvalue weighted by Crippen LogP contribution is -2.50. The van der Waals surface area contributed by atoms with Gasteiger partial charge < -0.3 is 15.5 Å². The average Bonchev–Trinajstić information content (AvgIpc) is 2.74. The molecule has 2 rings (SSSR count). The highest BCUT2D eigenvalue weighted by molar-refractivity contribution is 7.99. The van der Waals surface area contributed by atoms with E-state index in [1.54, 1.807) is 23.1 Å². The maximum Gasteiger partial charge on any atom is 0.174 e. The normalized spacial score (nSPS) is 20.4. The molecule has 1 aromatic rings. The number of ketones is 1. The quantitative estimate of drug-likeness (QED) is 0.684. The zero-order valence-electron chi connectivity index (χ0n) is 12.6. The van der Waals surface area contributed by atoms with Crippen LogP contribution in [-0.4, -0.2) is 49.7 Å². The zero-order valence-corrected chi connectivity index (χ0v) is 14.2. The molecular weight excluding hydrogens is 290 g/mol. The number of thiophene rings is 1. The largest absolute Gasteiger partial charge is 0.396 e. The molecule has 6 heteroatoms. The van der Waals surface area contributed by atoms with Crippen molar-refractivity contribution in [3.8, 4) is 0 Å². The summed E-state index contributed by atoms with van der Waals surface area (Å²) in [5.74, 6) is 0.149. The van der Waals surface area contributed by atoms with Crippen molar-refractivity contribution in [3.63, 3.8) is 0 Å². The number of nitrogen functional groups attached to an aromatic ring is 1. The second-order valence-corrected chi connectivity index (χ2v) is 7.08. The van der Waals surface area contributed by atoms with Crippen LogP contribution >= 0.6 is 23.1 Å². The number of carbonyl (C=O) groups is 1. The molecule has 0 radical (unpaired) electrons. The van der Waals surface area contributed by atoms with E-state index in [4.69, 9.17) is 5.73 Å². The van der Waals surface area contributed by atoms with Gasteiger partial charge in [0, 0.05) is 32.1 Å². The number of piperazine rings is 1. The Hall–Kier alpha value is -0.720. The maximum absolute atomic E-state index is 12.0. The summed E-state index contributed by atoms with van der Waals surface area (Å²) >= 11 is 3.21. The Balaban J connectivity index is 2.38. The van der Waals surface area contributed by atoms with Crippen LogP contribution in [0.2, 0.25) is 0 Å². The van der Waals surface area contributed by atoms with Crippen molar-refractivity contribution in [3.05, 3.63) is 4.88 Å². The monoisotopic (exact) mass is 313 g/mol. The molecule has 0 amide bonds. The van der Waals surface area contributed by atoms with E-state index >= 15 is 0 Å². The maximum atomic E-state index is 12.0. The fourth-order valence-corrected chi connectivity index (χ4v) is 4.92. The van der Waals surface area contributed by atoms with Gasteiger partial charge in [-0.05, 0) is 20.2 Å².